The highest BCUT2D eigenvalue weighted by Gasteiger charge is 2.66. The average Bonchev–Trinajstić information content (AvgIpc) is 3.27. The van der Waals surface area contributed by atoms with Gasteiger partial charge in [0.25, 0.3) is 0 Å². The predicted molar refractivity (Wildman–Crippen MR) is 113 cm³/mol. The van der Waals surface area contributed by atoms with Crippen LogP contribution in [0.4, 0.5) is 5.69 Å². The molecule has 1 aromatic rings. The van der Waals surface area contributed by atoms with Crippen molar-refractivity contribution in [3.63, 3.8) is 0 Å². The summed E-state index contributed by atoms with van der Waals surface area (Å²) in [5.74, 6) is -0.795. The molecule has 0 radical (unpaired) electrons. The third kappa shape index (κ3) is 2.76. The van der Waals surface area contributed by atoms with Gasteiger partial charge in [-0.2, -0.15) is 4.31 Å². The van der Waals surface area contributed by atoms with E-state index in [9.17, 15) is 18.0 Å². The second-order valence-corrected chi connectivity index (χ2v) is 11.7. The number of imide groups is 1. The second kappa shape index (κ2) is 7.18. The van der Waals surface area contributed by atoms with E-state index in [0.717, 1.165) is 6.42 Å². The highest BCUT2D eigenvalue weighted by Crippen LogP contribution is 2.60. The first-order valence-corrected chi connectivity index (χ1v) is 12.8. The molecule has 9 heteroatoms. The van der Waals surface area contributed by atoms with Gasteiger partial charge in [-0.25, -0.2) is 13.3 Å². The Kier molecular flexibility index (Phi) is 5.26. The van der Waals surface area contributed by atoms with Gasteiger partial charge in [0.1, 0.15) is 0 Å². The van der Waals surface area contributed by atoms with Crippen molar-refractivity contribution >= 4 is 59.4 Å². The van der Waals surface area contributed by atoms with Gasteiger partial charge in [0.2, 0.25) is 21.8 Å². The maximum atomic E-state index is 13.2. The van der Waals surface area contributed by atoms with Crippen molar-refractivity contribution in [1.82, 2.24) is 4.31 Å². The monoisotopic (exact) mass is 532 g/mol. The maximum Gasteiger partial charge on any atom is 0.243 e. The molecule has 6 atom stereocenters. The molecule has 2 aliphatic carbocycles. The lowest BCUT2D eigenvalue weighted by atomic mass is 9.81. The highest BCUT2D eigenvalue weighted by molar-refractivity contribution is 9.12. The Morgan fingerprint density at radius 2 is 1.57 bits per heavy atom. The summed E-state index contributed by atoms with van der Waals surface area (Å²) in [6, 6.07) is 6.19. The Balaban J connectivity index is 1.70. The number of amides is 2. The van der Waals surface area contributed by atoms with E-state index in [2.05, 4.69) is 31.9 Å². The number of fused-ring (bicyclic) bond motifs is 5. The van der Waals surface area contributed by atoms with Crippen molar-refractivity contribution in [2.75, 3.05) is 18.0 Å². The molecule has 2 bridgehead atoms. The number of hydrogen-bond donors (Lipinski definition) is 0. The second-order valence-electron chi connectivity index (χ2n) is 7.60. The number of alkyl halides is 2. The minimum Gasteiger partial charge on any atom is -0.274 e. The van der Waals surface area contributed by atoms with Gasteiger partial charge in [-0.3, -0.25) is 9.59 Å². The number of anilines is 1. The topological polar surface area (TPSA) is 74.8 Å². The molecule has 6 unspecified atom stereocenters. The van der Waals surface area contributed by atoms with Crippen LogP contribution in [0, 0.1) is 23.7 Å². The Labute approximate surface area is 181 Å². The van der Waals surface area contributed by atoms with E-state index in [1.165, 1.54) is 21.3 Å². The van der Waals surface area contributed by atoms with E-state index < -0.39 is 10.0 Å². The largest absolute Gasteiger partial charge is 0.274 e. The van der Waals surface area contributed by atoms with Crippen LogP contribution in [0.15, 0.2) is 29.2 Å². The number of nitrogens with zero attached hydrogens (tertiary/aromatic N) is 2. The first kappa shape index (κ1) is 20.5. The van der Waals surface area contributed by atoms with Gasteiger partial charge in [0.05, 0.1) is 22.4 Å². The van der Waals surface area contributed by atoms with Crippen molar-refractivity contribution in [1.29, 1.82) is 0 Å². The normalized spacial score (nSPS) is 34.5. The van der Waals surface area contributed by atoms with E-state index in [1.54, 1.807) is 26.0 Å². The van der Waals surface area contributed by atoms with Crippen LogP contribution in [-0.2, 0) is 19.6 Å². The molecule has 2 saturated carbocycles. The third-order valence-electron chi connectivity index (χ3n) is 6.41. The Morgan fingerprint density at radius 1 is 1.04 bits per heavy atom. The van der Waals surface area contributed by atoms with E-state index >= 15 is 0 Å². The molecule has 6 nitrogen and oxygen atoms in total. The van der Waals surface area contributed by atoms with Crippen molar-refractivity contribution in [3.8, 4) is 0 Å². The van der Waals surface area contributed by atoms with Gasteiger partial charge in [-0.1, -0.05) is 51.8 Å². The fourth-order valence-electron chi connectivity index (χ4n) is 5.10. The summed E-state index contributed by atoms with van der Waals surface area (Å²) in [6.45, 7) is 4.28. The summed E-state index contributed by atoms with van der Waals surface area (Å²) < 4.78 is 27.1. The SMILES string of the molecule is CCN(CC)S(=O)(=O)c1cccc(N2C(=O)C3C4CC(C(Br)C4Br)C3C2=O)c1. The van der Waals surface area contributed by atoms with E-state index in [4.69, 9.17) is 0 Å². The molecule has 0 spiro atoms. The number of halogens is 2. The summed E-state index contributed by atoms with van der Waals surface area (Å²) in [6.07, 6.45) is 0.864. The molecule has 1 saturated heterocycles. The molecule has 0 N–H and O–H groups in total. The van der Waals surface area contributed by atoms with Crippen LogP contribution in [-0.4, -0.2) is 47.3 Å². The van der Waals surface area contributed by atoms with Crippen LogP contribution in [0.2, 0.25) is 0 Å². The van der Waals surface area contributed by atoms with Crippen LogP contribution in [0.5, 0.6) is 0 Å². The Morgan fingerprint density at radius 3 is 2.07 bits per heavy atom. The fourth-order valence-corrected chi connectivity index (χ4v) is 8.47. The first-order chi connectivity index (χ1) is 13.2. The number of rotatable bonds is 5. The number of carbonyl (C=O) groups excluding carboxylic acids is 2. The summed E-state index contributed by atoms with van der Waals surface area (Å²) in [4.78, 5) is 28.0. The smallest absolute Gasteiger partial charge is 0.243 e. The minimum atomic E-state index is -3.66. The van der Waals surface area contributed by atoms with Crippen molar-refractivity contribution in [3.05, 3.63) is 24.3 Å². The molecule has 152 valence electrons. The highest BCUT2D eigenvalue weighted by atomic mass is 79.9. The summed E-state index contributed by atoms with van der Waals surface area (Å²) in [5, 5.41) is 0. The average molecular weight is 534 g/mol. The fraction of sp³-hybridized carbons (Fsp3) is 0.579. The molecule has 3 aliphatic rings. The third-order valence-corrected chi connectivity index (χ3v) is 11.7. The number of carbonyl (C=O) groups is 2. The van der Waals surface area contributed by atoms with Crippen molar-refractivity contribution in [2.24, 2.45) is 23.7 Å². The predicted octanol–water partition coefficient (Wildman–Crippen LogP) is 3.00. The Hall–Kier alpha value is -0.770. The standard InChI is InChI=1S/C19H22Br2N2O4S/c1-3-22(4-2)28(26,27)11-7-5-6-10(8-11)23-18(24)14-12-9-13(15(14)19(23)25)17(21)16(12)20/h5-8,12-17H,3-4,9H2,1-2H3. The summed E-state index contributed by atoms with van der Waals surface area (Å²) >= 11 is 7.35. The van der Waals surface area contributed by atoms with Crippen LogP contribution in [0.25, 0.3) is 0 Å². The van der Waals surface area contributed by atoms with Crippen LogP contribution >= 0.6 is 31.9 Å². The van der Waals surface area contributed by atoms with Crippen LogP contribution < -0.4 is 4.90 Å². The van der Waals surface area contributed by atoms with E-state index in [-0.39, 0.29) is 50.0 Å². The van der Waals surface area contributed by atoms with Gasteiger partial charge in [-0.15, -0.1) is 0 Å². The van der Waals surface area contributed by atoms with Crippen molar-refractivity contribution < 1.29 is 18.0 Å². The number of hydrogen-bond acceptors (Lipinski definition) is 4. The van der Waals surface area contributed by atoms with E-state index in [0.29, 0.717) is 18.8 Å². The molecule has 2 amide bonds. The zero-order chi connectivity index (χ0) is 20.4. The lowest BCUT2D eigenvalue weighted by Crippen LogP contribution is -2.37. The molecule has 1 aliphatic heterocycles. The van der Waals surface area contributed by atoms with Crippen LogP contribution in [0.3, 0.4) is 0 Å². The lowest BCUT2D eigenvalue weighted by molar-refractivity contribution is -0.123. The molecular formula is C19H22Br2N2O4S. The number of benzene rings is 1. The van der Waals surface area contributed by atoms with Gasteiger partial charge in [0, 0.05) is 22.7 Å². The van der Waals surface area contributed by atoms with Gasteiger partial charge < -0.3 is 0 Å². The first-order valence-electron chi connectivity index (χ1n) is 9.50. The molecule has 4 rings (SSSR count). The zero-order valence-corrected chi connectivity index (χ0v) is 19.6. The summed E-state index contributed by atoms with van der Waals surface area (Å²) in [5.41, 5.74) is 0.342. The van der Waals surface area contributed by atoms with E-state index in [1.807, 2.05) is 0 Å². The zero-order valence-electron chi connectivity index (χ0n) is 15.6. The molecule has 1 aromatic carbocycles. The molecule has 3 fully saturated rings. The maximum absolute atomic E-state index is 13.2. The minimum absolute atomic E-state index is 0.103. The van der Waals surface area contributed by atoms with Crippen molar-refractivity contribution in [2.45, 2.75) is 34.8 Å². The van der Waals surface area contributed by atoms with Crippen LogP contribution in [0.1, 0.15) is 20.3 Å². The number of sulfonamides is 1. The molecule has 28 heavy (non-hydrogen) atoms. The lowest BCUT2D eigenvalue weighted by Gasteiger charge is -2.28. The summed E-state index contributed by atoms with van der Waals surface area (Å²) in [7, 11) is -3.66. The molecule has 0 aromatic heterocycles. The molecular weight excluding hydrogens is 512 g/mol. The van der Waals surface area contributed by atoms with Gasteiger partial charge >= 0.3 is 0 Å². The van der Waals surface area contributed by atoms with Gasteiger partial charge in [-0.05, 0) is 36.5 Å². The van der Waals surface area contributed by atoms with Gasteiger partial charge in [0.15, 0.2) is 0 Å². The Bertz CT molecular complexity index is 902. The quantitative estimate of drug-likeness (QED) is 0.430. The molecule has 1 heterocycles.